The van der Waals surface area contributed by atoms with Crippen molar-refractivity contribution in [2.24, 2.45) is 0 Å². The predicted octanol–water partition coefficient (Wildman–Crippen LogP) is 2.74. The molecule has 0 N–H and O–H groups in total. The van der Waals surface area contributed by atoms with Gasteiger partial charge in [0.1, 0.15) is 0 Å². The Labute approximate surface area is 97.3 Å². The standard InChI is InChI=1S/C14H19NO/c1-3-15(13-9-10-13)11(2)14(16)12-7-5-4-6-8-12/h4-8,11,13H,3,9-10H2,1-2H3. The molecule has 2 rings (SSSR count). The van der Waals surface area contributed by atoms with E-state index in [1.807, 2.05) is 37.3 Å². The zero-order valence-corrected chi connectivity index (χ0v) is 10.0. The maximum Gasteiger partial charge on any atom is 0.179 e. The second-order valence-corrected chi connectivity index (χ2v) is 4.47. The second kappa shape index (κ2) is 4.79. The fraction of sp³-hybridized carbons (Fsp3) is 0.500. The quantitative estimate of drug-likeness (QED) is 0.707. The van der Waals surface area contributed by atoms with E-state index < -0.39 is 0 Å². The van der Waals surface area contributed by atoms with Gasteiger partial charge in [0.15, 0.2) is 5.78 Å². The average molecular weight is 217 g/mol. The van der Waals surface area contributed by atoms with Crippen LogP contribution in [-0.4, -0.2) is 29.3 Å². The lowest BCUT2D eigenvalue weighted by atomic mass is 10.0. The van der Waals surface area contributed by atoms with Crippen LogP contribution in [0.15, 0.2) is 30.3 Å². The fourth-order valence-electron chi connectivity index (χ4n) is 2.25. The van der Waals surface area contributed by atoms with E-state index in [1.54, 1.807) is 0 Å². The number of nitrogens with zero attached hydrogens (tertiary/aromatic N) is 1. The van der Waals surface area contributed by atoms with Crippen molar-refractivity contribution >= 4 is 5.78 Å². The molecule has 1 saturated carbocycles. The zero-order chi connectivity index (χ0) is 11.5. The van der Waals surface area contributed by atoms with Gasteiger partial charge in [-0.25, -0.2) is 0 Å². The number of hydrogen-bond acceptors (Lipinski definition) is 2. The van der Waals surface area contributed by atoms with Gasteiger partial charge in [-0.1, -0.05) is 37.3 Å². The highest BCUT2D eigenvalue weighted by Crippen LogP contribution is 2.29. The summed E-state index contributed by atoms with van der Waals surface area (Å²) in [4.78, 5) is 14.6. The highest BCUT2D eigenvalue weighted by Gasteiger charge is 2.33. The number of Topliss-reactive ketones (excluding diaryl/α,β-unsaturated/α-hetero) is 1. The van der Waals surface area contributed by atoms with Gasteiger partial charge in [0, 0.05) is 11.6 Å². The Hall–Kier alpha value is -1.15. The average Bonchev–Trinajstić information content (AvgIpc) is 3.14. The Kier molecular flexibility index (Phi) is 3.39. The van der Waals surface area contributed by atoms with Crippen LogP contribution in [0.4, 0.5) is 0 Å². The van der Waals surface area contributed by atoms with Crippen molar-refractivity contribution in [3.63, 3.8) is 0 Å². The number of carbonyl (C=O) groups excluding carboxylic acids is 1. The first kappa shape index (κ1) is 11.3. The van der Waals surface area contributed by atoms with Crippen LogP contribution in [0.25, 0.3) is 0 Å². The van der Waals surface area contributed by atoms with Gasteiger partial charge < -0.3 is 0 Å². The van der Waals surface area contributed by atoms with Crippen molar-refractivity contribution in [2.45, 2.75) is 38.8 Å². The first-order valence-electron chi connectivity index (χ1n) is 6.09. The number of carbonyl (C=O) groups is 1. The molecule has 0 aliphatic heterocycles. The van der Waals surface area contributed by atoms with E-state index in [0.29, 0.717) is 6.04 Å². The molecule has 1 aliphatic carbocycles. The molecule has 0 saturated heterocycles. The van der Waals surface area contributed by atoms with Crippen LogP contribution < -0.4 is 0 Å². The molecular formula is C14H19NO. The maximum atomic E-state index is 12.2. The SMILES string of the molecule is CCN(C1CC1)C(C)C(=O)c1ccccc1. The van der Waals surface area contributed by atoms with Crippen molar-refractivity contribution in [2.75, 3.05) is 6.54 Å². The molecule has 1 aromatic rings. The van der Waals surface area contributed by atoms with Gasteiger partial charge in [-0.05, 0) is 26.3 Å². The molecule has 0 radical (unpaired) electrons. The van der Waals surface area contributed by atoms with Gasteiger partial charge >= 0.3 is 0 Å². The summed E-state index contributed by atoms with van der Waals surface area (Å²) in [5, 5.41) is 0. The van der Waals surface area contributed by atoms with Crippen molar-refractivity contribution in [3.8, 4) is 0 Å². The minimum absolute atomic E-state index is 0.0138. The highest BCUT2D eigenvalue weighted by molar-refractivity contribution is 5.99. The molecule has 0 heterocycles. The molecule has 2 nitrogen and oxygen atoms in total. The summed E-state index contributed by atoms with van der Waals surface area (Å²) >= 11 is 0. The third-order valence-electron chi connectivity index (χ3n) is 3.32. The van der Waals surface area contributed by atoms with Gasteiger partial charge in [0.2, 0.25) is 0 Å². The van der Waals surface area contributed by atoms with Crippen molar-refractivity contribution in [1.82, 2.24) is 4.90 Å². The molecule has 0 amide bonds. The molecule has 1 aliphatic rings. The summed E-state index contributed by atoms with van der Waals surface area (Å²) in [6.45, 7) is 5.12. The highest BCUT2D eigenvalue weighted by atomic mass is 16.1. The Morgan fingerprint density at radius 3 is 2.50 bits per heavy atom. The van der Waals surface area contributed by atoms with Crippen LogP contribution in [-0.2, 0) is 0 Å². The third kappa shape index (κ3) is 2.33. The molecule has 1 unspecified atom stereocenters. The molecule has 1 atom stereocenters. The summed E-state index contributed by atoms with van der Waals surface area (Å²) in [6.07, 6.45) is 2.50. The summed E-state index contributed by atoms with van der Waals surface area (Å²) in [5.74, 6) is 0.245. The van der Waals surface area contributed by atoms with Crippen LogP contribution in [0.1, 0.15) is 37.0 Å². The molecule has 1 fully saturated rings. The van der Waals surface area contributed by atoms with Crippen molar-refractivity contribution in [3.05, 3.63) is 35.9 Å². The maximum absolute atomic E-state index is 12.2. The largest absolute Gasteiger partial charge is 0.292 e. The smallest absolute Gasteiger partial charge is 0.179 e. The summed E-state index contributed by atoms with van der Waals surface area (Å²) in [5.41, 5.74) is 0.828. The van der Waals surface area contributed by atoms with Crippen molar-refractivity contribution in [1.29, 1.82) is 0 Å². The number of ketones is 1. The summed E-state index contributed by atoms with van der Waals surface area (Å²) in [6, 6.07) is 10.3. The Morgan fingerprint density at radius 2 is 2.00 bits per heavy atom. The van der Waals surface area contributed by atoms with Crippen LogP contribution in [0.5, 0.6) is 0 Å². The van der Waals surface area contributed by atoms with E-state index >= 15 is 0 Å². The van der Waals surface area contributed by atoms with Crippen LogP contribution in [0.2, 0.25) is 0 Å². The Morgan fingerprint density at radius 1 is 1.38 bits per heavy atom. The van der Waals surface area contributed by atoms with Crippen molar-refractivity contribution < 1.29 is 4.79 Å². The lowest BCUT2D eigenvalue weighted by molar-refractivity contribution is 0.0834. The number of benzene rings is 1. The minimum atomic E-state index is 0.0138. The van der Waals surface area contributed by atoms with E-state index in [-0.39, 0.29) is 11.8 Å². The lowest BCUT2D eigenvalue weighted by Crippen LogP contribution is -2.40. The van der Waals surface area contributed by atoms with Gasteiger partial charge in [-0.3, -0.25) is 9.69 Å². The molecule has 86 valence electrons. The zero-order valence-electron chi connectivity index (χ0n) is 10.0. The van der Waals surface area contributed by atoms with Gasteiger partial charge in [0.05, 0.1) is 6.04 Å². The molecule has 1 aromatic carbocycles. The van der Waals surface area contributed by atoms with Crippen LogP contribution in [0.3, 0.4) is 0 Å². The van der Waals surface area contributed by atoms with E-state index in [2.05, 4.69) is 11.8 Å². The van der Waals surface area contributed by atoms with Crippen LogP contribution in [0, 0.1) is 0 Å². The predicted molar refractivity (Wildman–Crippen MR) is 65.6 cm³/mol. The molecule has 0 spiro atoms. The number of rotatable bonds is 5. The Bertz CT molecular complexity index is 356. The molecule has 16 heavy (non-hydrogen) atoms. The molecule has 0 aromatic heterocycles. The number of likely N-dealkylation sites (N-methyl/N-ethyl adjacent to an activating group) is 1. The monoisotopic (exact) mass is 217 g/mol. The molecule has 0 bridgehead atoms. The molecular weight excluding hydrogens is 198 g/mol. The van der Waals surface area contributed by atoms with E-state index in [4.69, 9.17) is 0 Å². The van der Waals surface area contributed by atoms with E-state index in [1.165, 1.54) is 12.8 Å². The number of hydrogen-bond donors (Lipinski definition) is 0. The van der Waals surface area contributed by atoms with Gasteiger partial charge in [-0.15, -0.1) is 0 Å². The van der Waals surface area contributed by atoms with E-state index in [9.17, 15) is 4.79 Å². The first-order valence-corrected chi connectivity index (χ1v) is 6.09. The lowest BCUT2D eigenvalue weighted by Gasteiger charge is -2.26. The van der Waals surface area contributed by atoms with E-state index in [0.717, 1.165) is 12.1 Å². The summed E-state index contributed by atoms with van der Waals surface area (Å²) < 4.78 is 0. The normalized spacial score (nSPS) is 17.4. The van der Waals surface area contributed by atoms with Gasteiger partial charge in [0.25, 0.3) is 0 Å². The third-order valence-corrected chi connectivity index (χ3v) is 3.32. The topological polar surface area (TPSA) is 20.3 Å². The minimum Gasteiger partial charge on any atom is -0.292 e. The molecule has 2 heteroatoms. The van der Waals surface area contributed by atoms with Gasteiger partial charge in [-0.2, -0.15) is 0 Å². The first-order chi connectivity index (χ1) is 7.74. The fourth-order valence-corrected chi connectivity index (χ4v) is 2.25. The summed E-state index contributed by atoms with van der Waals surface area (Å²) in [7, 11) is 0. The Balaban J connectivity index is 2.09. The second-order valence-electron chi connectivity index (χ2n) is 4.47. The van der Waals surface area contributed by atoms with Crippen LogP contribution >= 0.6 is 0 Å².